The molecule has 1 heterocycles. The molecule has 1 aromatic rings. The number of rotatable bonds is 4. The normalized spacial score (nSPS) is 17.2. The fourth-order valence-corrected chi connectivity index (χ4v) is 3.32. The van der Waals surface area contributed by atoms with E-state index in [1.165, 1.54) is 0 Å². The highest BCUT2D eigenvalue weighted by atomic mass is 35.5. The van der Waals surface area contributed by atoms with E-state index in [2.05, 4.69) is 23.8 Å². The first-order valence-electron chi connectivity index (χ1n) is 6.72. The molecule has 0 bridgehead atoms. The summed E-state index contributed by atoms with van der Waals surface area (Å²) in [6.07, 6.45) is 1.78. The molecule has 21 heavy (non-hydrogen) atoms. The van der Waals surface area contributed by atoms with Gasteiger partial charge in [0.1, 0.15) is 0 Å². The molecule has 1 aliphatic rings. The highest BCUT2D eigenvalue weighted by molar-refractivity contribution is 8.14. The van der Waals surface area contributed by atoms with Gasteiger partial charge in [-0.05, 0) is 23.8 Å². The monoisotopic (exact) mass is 339 g/mol. The lowest BCUT2D eigenvalue weighted by Crippen LogP contribution is -2.41. The number of halogens is 1. The minimum Gasteiger partial charge on any atom is -0.359 e. The van der Waals surface area contributed by atoms with Crippen molar-refractivity contribution in [3.05, 3.63) is 47.5 Å². The smallest absolute Gasteiger partial charge is 0.175 e. The molecule has 2 rings (SSSR count). The zero-order chi connectivity index (χ0) is 15.2. The molecule has 0 aliphatic carbocycles. The summed E-state index contributed by atoms with van der Waals surface area (Å²) in [6.45, 7) is 7.93. The second kappa shape index (κ2) is 7.82. The lowest BCUT2D eigenvalue weighted by atomic mass is 10.2. The predicted octanol–water partition coefficient (Wildman–Crippen LogP) is 3.69. The molecular formula is C15H18ClN3S2. The van der Waals surface area contributed by atoms with Gasteiger partial charge in [-0.25, -0.2) is 0 Å². The molecular weight excluding hydrogens is 322 g/mol. The Morgan fingerprint density at radius 3 is 3.00 bits per heavy atom. The van der Waals surface area contributed by atoms with Gasteiger partial charge in [0.15, 0.2) is 10.3 Å². The average molecular weight is 340 g/mol. The van der Waals surface area contributed by atoms with Crippen LogP contribution < -0.4 is 5.32 Å². The van der Waals surface area contributed by atoms with Crippen LogP contribution >= 0.6 is 35.6 Å². The molecule has 0 spiro atoms. The number of thioether (sulfide) groups is 1. The fourth-order valence-electron chi connectivity index (χ4n) is 1.89. The topological polar surface area (TPSA) is 27.6 Å². The molecule has 112 valence electrons. The van der Waals surface area contributed by atoms with Crippen molar-refractivity contribution in [2.24, 2.45) is 4.99 Å². The van der Waals surface area contributed by atoms with Crippen molar-refractivity contribution in [2.75, 3.05) is 13.1 Å². The van der Waals surface area contributed by atoms with Gasteiger partial charge in [0, 0.05) is 16.8 Å². The van der Waals surface area contributed by atoms with Crippen molar-refractivity contribution >= 4 is 45.9 Å². The van der Waals surface area contributed by atoms with Crippen molar-refractivity contribution in [2.45, 2.75) is 18.7 Å². The molecule has 1 N–H and O–H groups in total. The van der Waals surface area contributed by atoms with Crippen LogP contribution in [0.4, 0.5) is 0 Å². The van der Waals surface area contributed by atoms with Crippen LogP contribution in [-0.4, -0.2) is 33.5 Å². The van der Waals surface area contributed by atoms with E-state index >= 15 is 0 Å². The van der Waals surface area contributed by atoms with Crippen LogP contribution in [-0.2, 0) is 6.54 Å². The summed E-state index contributed by atoms with van der Waals surface area (Å²) in [5.41, 5.74) is 1.03. The Hall–Kier alpha value is -1.04. The third-order valence-electron chi connectivity index (χ3n) is 2.95. The van der Waals surface area contributed by atoms with E-state index in [9.17, 15) is 0 Å². The molecule has 0 saturated heterocycles. The average Bonchev–Trinajstić information content (AvgIpc) is 2.90. The largest absolute Gasteiger partial charge is 0.359 e. The predicted molar refractivity (Wildman–Crippen MR) is 97.1 cm³/mol. The van der Waals surface area contributed by atoms with E-state index in [0.717, 1.165) is 22.3 Å². The zero-order valence-corrected chi connectivity index (χ0v) is 14.3. The molecule has 1 aliphatic heterocycles. The Morgan fingerprint density at radius 2 is 2.38 bits per heavy atom. The first-order valence-corrected chi connectivity index (χ1v) is 8.39. The Labute approximate surface area is 140 Å². The molecule has 0 aromatic heterocycles. The number of nitrogens with one attached hydrogen (secondary N) is 1. The van der Waals surface area contributed by atoms with Gasteiger partial charge in [0.2, 0.25) is 0 Å². The third-order valence-corrected chi connectivity index (χ3v) is 4.80. The number of benzene rings is 1. The highest BCUT2D eigenvalue weighted by Gasteiger charge is 2.24. The first-order chi connectivity index (χ1) is 10.1. The van der Waals surface area contributed by atoms with Crippen molar-refractivity contribution in [3.8, 4) is 0 Å². The van der Waals surface area contributed by atoms with Crippen LogP contribution in [0.1, 0.15) is 12.5 Å². The summed E-state index contributed by atoms with van der Waals surface area (Å²) in [5, 5.41) is 5.99. The van der Waals surface area contributed by atoms with Gasteiger partial charge in [-0.3, -0.25) is 9.89 Å². The van der Waals surface area contributed by atoms with E-state index in [-0.39, 0.29) is 0 Å². The minimum absolute atomic E-state index is 0.482. The van der Waals surface area contributed by atoms with E-state index in [1.54, 1.807) is 17.8 Å². The minimum atomic E-state index is 0.482. The summed E-state index contributed by atoms with van der Waals surface area (Å²) in [5.74, 6) is 0. The Balaban J connectivity index is 2.17. The van der Waals surface area contributed by atoms with Gasteiger partial charge in [0.25, 0.3) is 0 Å². The molecule has 1 atom stereocenters. The summed E-state index contributed by atoms with van der Waals surface area (Å²) in [7, 11) is 0. The number of nitrogens with zero attached hydrogens (tertiary/aromatic N) is 2. The van der Waals surface area contributed by atoms with Crippen LogP contribution in [0, 0.1) is 0 Å². The number of hydrogen-bond donors (Lipinski definition) is 1. The maximum Gasteiger partial charge on any atom is 0.175 e. The number of thiocarbonyl (C=S) groups is 1. The number of hydrogen-bond acceptors (Lipinski definition) is 3. The van der Waals surface area contributed by atoms with Crippen LogP contribution in [0.5, 0.6) is 0 Å². The molecule has 0 fully saturated rings. The molecule has 0 saturated carbocycles. The van der Waals surface area contributed by atoms with Crippen LogP contribution in [0.25, 0.3) is 0 Å². The van der Waals surface area contributed by atoms with Gasteiger partial charge < -0.3 is 5.32 Å². The van der Waals surface area contributed by atoms with Crippen molar-refractivity contribution in [1.82, 2.24) is 10.2 Å². The summed E-state index contributed by atoms with van der Waals surface area (Å²) in [6, 6.07) is 7.80. The summed E-state index contributed by atoms with van der Waals surface area (Å²) < 4.78 is 0. The lowest BCUT2D eigenvalue weighted by Gasteiger charge is -2.25. The van der Waals surface area contributed by atoms with E-state index in [1.807, 2.05) is 29.2 Å². The molecule has 0 radical (unpaired) electrons. The summed E-state index contributed by atoms with van der Waals surface area (Å²) >= 11 is 13.5. The standard InChI is InChI=1S/C15H18ClN3S2/c1-3-8-17-14(20)19(15-18-9-11(2)21-15)10-12-6-4-5-7-13(12)16/h3-7,11H,1,8-10H2,2H3,(H,17,20)/t11-/m0/s1. The lowest BCUT2D eigenvalue weighted by molar-refractivity contribution is 0.601. The van der Waals surface area contributed by atoms with Crippen molar-refractivity contribution in [3.63, 3.8) is 0 Å². The summed E-state index contributed by atoms with van der Waals surface area (Å²) in [4.78, 5) is 6.59. The Morgan fingerprint density at radius 1 is 1.62 bits per heavy atom. The van der Waals surface area contributed by atoms with E-state index < -0.39 is 0 Å². The van der Waals surface area contributed by atoms with Crippen LogP contribution in [0.2, 0.25) is 5.02 Å². The zero-order valence-electron chi connectivity index (χ0n) is 11.9. The maximum atomic E-state index is 6.26. The van der Waals surface area contributed by atoms with Gasteiger partial charge in [-0.15, -0.1) is 6.58 Å². The maximum absolute atomic E-state index is 6.26. The molecule has 3 nitrogen and oxygen atoms in total. The second-order valence-electron chi connectivity index (χ2n) is 4.70. The Bertz CT molecular complexity index is 560. The SMILES string of the molecule is C=CCNC(=S)N(Cc1ccccc1Cl)C1=NC[C@H](C)S1. The quantitative estimate of drug-likeness (QED) is 0.668. The van der Waals surface area contributed by atoms with Crippen LogP contribution in [0.3, 0.4) is 0 Å². The Kier molecular flexibility index (Phi) is 6.08. The second-order valence-corrected chi connectivity index (χ2v) is 6.90. The van der Waals surface area contributed by atoms with E-state index in [4.69, 9.17) is 23.8 Å². The van der Waals surface area contributed by atoms with Crippen molar-refractivity contribution < 1.29 is 0 Å². The number of amidine groups is 1. The third kappa shape index (κ3) is 4.46. The number of aliphatic imine (C=N–C) groups is 1. The van der Waals surface area contributed by atoms with Crippen molar-refractivity contribution in [1.29, 1.82) is 0 Å². The van der Waals surface area contributed by atoms with Gasteiger partial charge in [-0.2, -0.15) is 0 Å². The van der Waals surface area contributed by atoms with Gasteiger partial charge >= 0.3 is 0 Å². The molecule has 6 heteroatoms. The van der Waals surface area contributed by atoms with Crippen LogP contribution in [0.15, 0.2) is 41.9 Å². The molecule has 1 aromatic carbocycles. The molecule has 0 amide bonds. The van der Waals surface area contributed by atoms with Gasteiger partial charge in [-0.1, -0.05) is 54.6 Å². The highest BCUT2D eigenvalue weighted by Crippen LogP contribution is 2.26. The first kappa shape index (κ1) is 16.3. The molecule has 0 unspecified atom stereocenters. The fraction of sp³-hybridized carbons (Fsp3) is 0.333. The van der Waals surface area contributed by atoms with Gasteiger partial charge in [0.05, 0.1) is 13.1 Å². The van der Waals surface area contributed by atoms with E-state index in [0.29, 0.717) is 23.5 Å².